The van der Waals surface area contributed by atoms with Gasteiger partial charge in [0.05, 0.1) is 0 Å². The largest absolute Gasteiger partial charge is 1.00 e. The van der Waals surface area contributed by atoms with Gasteiger partial charge in [-0.05, 0) is 29.4 Å². The van der Waals surface area contributed by atoms with E-state index in [1.807, 2.05) is 12.1 Å². The number of rotatable bonds is 7. The molecule has 0 unspecified atom stereocenters. The molecule has 1 aliphatic carbocycles. The fraction of sp³-hybridized carbons (Fsp3) is 0.600. The minimum absolute atomic E-state index is 0. The van der Waals surface area contributed by atoms with Crippen molar-refractivity contribution < 1.29 is 78.2 Å². The molecule has 0 radical (unpaired) electrons. The summed E-state index contributed by atoms with van der Waals surface area (Å²) in [5.74, 6) is 1.86. The van der Waals surface area contributed by atoms with E-state index in [0.29, 0.717) is 5.92 Å². The molecule has 1 aromatic rings. The molecular formula is C15H21Na2O4P. The second kappa shape index (κ2) is 11.8. The van der Waals surface area contributed by atoms with Crippen molar-refractivity contribution in [3.8, 4) is 5.75 Å². The molecule has 0 N–H and O–H groups in total. The molecule has 1 aliphatic rings. The Morgan fingerprint density at radius 3 is 2.41 bits per heavy atom. The van der Waals surface area contributed by atoms with E-state index in [1.54, 1.807) is 0 Å². The summed E-state index contributed by atoms with van der Waals surface area (Å²) in [4.78, 5) is 20.9. The average Bonchev–Trinajstić information content (AvgIpc) is 2.34. The van der Waals surface area contributed by atoms with Crippen LogP contribution in [0.5, 0.6) is 5.75 Å². The Bertz CT molecular complexity index is 440. The first kappa shape index (κ1) is 23.3. The Morgan fingerprint density at radius 1 is 1.23 bits per heavy atom. The first-order valence-electron chi connectivity index (χ1n) is 7.09. The Labute approximate surface area is 178 Å². The number of benzene rings is 1. The van der Waals surface area contributed by atoms with Crippen LogP contribution in [0.25, 0.3) is 0 Å². The van der Waals surface area contributed by atoms with E-state index >= 15 is 0 Å². The van der Waals surface area contributed by atoms with Gasteiger partial charge in [-0.15, -0.1) is 0 Å². The van der Waals surface area contributed by atoms with Crippen LogP contribution in [0.3, 0.4) is 0 Å². The smallest absolute Gasteiger partial charge is 0.820 e. The SMILES string of the molecule is CC(C)c1cccc(CC2CCC2)c1OCOP([O-])[O-].[Na+].[Na+]. The second-order valence-corrected chi connectivity index (χ2v) is 6.31. The molecule has 1 aromatic carbocycles. The molecule has 0 amide bonds. The maximum atomic E-state index is 10.5. The van der Waals surface area contributed by atoms with Crippen LogP contribution in [0.2, 0.25) is 0 Å². The Hall–Kier alpha value is 1.33. The van der Waals surface area contributed by atoms with E-state index in [1.165, 1.54) is 19.3 Å². The topological polar surface area (TPSA) is 64.6 Å². The maximum Gasteiger partial charge on any atom is 1.00 e. The summed E-state index contributed by atoms with van der Waals surface area (Å²) < 4.78 is 10.1. The van der Waals surface area contributed by atoms with E-state index in [9.17, 15) is 9.79 Å². The van der Waals surface area contributed by atoms with Crippen molar-refractivity contribution >= 4 is 8.60 Å². The van der Waals surface area contributed by atoms with Crippen LogP contribution in [0.4, 0.5) is 0 Å². The van der Waals surface area contributed by atoms with Crippen molar-refractivity contribution in [2.75, 3.05) is 6.79 Å². The van der Waals surface area contributed by atoms with Crippen LogP contribution in [0, 0.1) is 5.92 Å². The van der Waals surface area contributed by atoms with Crippen molar-refractivity contribution in [1.82, 2.24) is 0 Å². The number of ether oxygens (including phenoxy) is 1. The molecular weight excluding hydrogens is 321 g/mol. The molecule has 0 saturated heterocycles. The van der Waals surface area contributed by atoms with Crippen LogP contribution in [-0.4, -0.2) is 6.79 Å². The van der Waals surface area contributed by atoms with Gasteiger partial charge in [-0.1, -0.05) is 51.3 Å². The Morgan fingerprint density at radius 2 is 1.91 bits per heavy atom. The average molecular weight is 342 g/mol. The molecule has 1 fully saturated rings. The van der Waals surface area contributed by atoms with Crippen LogP contribution in [0.15, 0.2) is 18.2 Å². The molecule has 0 bridgehead atoms. The van der Waals surface area contributed by atoms with Crippen molar-refractivity contribution in [3.05, 3.63) is 29.3 Å². The van der Waals surface area contributed by atoms with Gasteiger partial charge in [0.15, 0.2) is 6.79 Å². The van der Waals surface area contributed by atoms with Gasteiger partial charge >= 0.3 is 59.1 Å². The Balaban J connectivity index is 0.00000220. The summed E-state index contributed by atoms with van der Waals surface area (Å²) in [6, 6.07) is 6.14. The van der Waals surface area contributed by atoms with Gasteiger partial charge in [0.1, 0.15) is 5.75 Å². The third-order valence-electron chi connectivity index (χ3n) is 3.84. The third kappa shape index (κ3) is 7.06. The normalized spacial score (nSPS) is 14.3. The summed E-state index contributed by atoms with van der Waals surface area (Å²) in [7, 11) is -2.86. The predicted molar refractivity (Wildman–Crippen MR) is 75.1 cm³/mol. The summed E-state index contributed by atoms with van der Waals surface area (Å²) in [5.41, 5.74) is 2.26. The molecule has 0 aliphatic heterocycles. The zero-order valence-electron chi connectivity index (χ0n) is 14.0. The number of hydrogen-bond acceptors (Lipinski definition) is 4. The Kier molecular flexibility index (Phi) is 12.5. The van der Waals surface area contributed by atoms with E-state index in [4.69, 9.17) is 4.74 Å². The molecule has 0 spiro atoms. The zero-order chi connectivity index (χ0) is 14.5. The van der Waals surface area contributed by atoms with Gasteiger partial charge < -0.3 is 19.0 Å². The van der Waals surface area contributed by atoms with Gasteiger partial charge in [0.2, 0.25) is 0 Å². The summed E-state index contributed by atoms with van der Waals surface area (Å²) in [5, 5.41) is 0. The number of hydrogen-bond donors (Lipinski definition) is 0. The molecule has 4 nitrogen and oxygen atoms in total. The molecule has 0 atom stereocenters. The predicted octanol–water partition coefficient (Wildman–Crippen LogP) is -3.54. The van der Waals surface area contributed by atoms with Crippen LogP contribution >= 0.6 is 8.60 Å². The quantitative estimate of drug-likeness (QED) is 0.293. The van der Waals surface area contributed by atoms with E-state index in [-0.39, 0.29) is 65.9 Å². The summed E-state index contributed by atoms with van der Waals surface area (Å²) in [6.45, 7) is 3.95. The van der Waals surface area contributed by atoms with Gasteiger partial charge in [-0.3, -0.25) is 0 Å². The minimum atomic E-state index is -2.86. The molecule has 22 heavy (non-hydrogen) atoms. The molecule has 0 heterocycles. The summed E-state index contributed by atoms with van der Waals surface area (Å²) in [6.07, 6.45) is 4.85. The van der Waals surface area contributed by atoms with Crippen LogP contribution < -0.4 is 73.6 Å². The first-order valence-corrected chi connectivity index (χ1v) is 8.19. The van der Waals surface area contributed by atoms with Gasteiger partial charge in [0.25, 0.3) is 0 Å². The van der Waals surface area contributed by atoms with Crippen LogP contribution in [-0.2, 0) is 10.9 Å². The molecule has 112 valence electrons. The zero-order valence-corrected chi connectivity index (χ0v) is 18.9. The van der Waals surface area contributed by atoms with Gasteiger partial charge in [-0.2, -0.15) is 8.60 Å². The van der Waals surface area contributed by atoms with E-state index in [0.717, 1.165) is 29.2 Å². The van der Waals surface area contributed by atoms with Crippen molar-refractivity contribution in [3.63, 3.8) is 0 Å². The van der Waals surface area contributed by atoms with Crippen molar-refractivity contribution in [2.24, 2.45) is 5.92 Å². The molecule has 2 rings (SSSR count). The van der Waals surface area contributed by atoms with Gasteiger partial charge in [0, 0.05) is 0 Å². The minimum Gasteiger partial charge on any atom is -0.820 e. The monoisotopic (exact) mass is 342 g/mol. The molecule has 0 aromatic heterocycles. The standard InChI is InChI=1S/C15H21O4P.2Na/c1-11(2)14-8-4-7-13(9-12-5-3-6-12)15(14)18-10-19-20(16)17;;/h4,7-8,11-12H,3,5-6,9-10H2,1-2H3;;/q-2;2*+1. The maximum absolute atomic E-state index is 10.5. The fourth-order valence-corrected chi connectivity index (χ4v) is 2.67. The van der Waals surface area contributed by atoms with Crippen LogP contribution in [0.1, 0.15) is 50.2 Å². The third-order valence-corrected chi connectivity index (χ3v) is 4.16. The molecule has 7 heteroatoms. The van der Waals surface area contributed by atoms with E-state index < -0.39 is 8.60 Å². The van der Waals surface area contributed by atoms with Crippen molar-refractivity contribution in [1.29, 1.82) is 0 Å². The fourth-order valence-electron chi connectivity index (χ4n) is 2.53. The van der Waals surface area contributed by atoms with Gasteiger partial charge in [-0.25, -0.2) is 0 Å². The van der Waals surface area contributed by atoms with E-state index in [2.05, 4.69) is 24.4 Å². The first-order chi connectivity index (χ1) is 9.58. The molecule has 1 saturated carbocycles. The summed E-state index contributed by atoms with van der Waals surface area (Å²) >= 11 is 0. The number of para-hydroxylation sites is 1. The van der Waals surface area contributed by atoms with Crippen molar-refractivity contribution in [2.45, 2.75) is 45.4 Å². The second-order valence-electron chi connectivity index (χ2n) is 5.61.